The Kier molecular flexibility index (Phi) is 5.00. The van der Waals surface area contributed by atoms with E-state index in [-0.39, 0.29) is 0 Å². The summed E-state index contributed by atoms with van der Waals surface area (Å²) in [6.45, 7) is 2.22. The third kappa shape index (κ3) is 3.72. The van der Waals surface area contributed by atoms with Gasteiger partial charge < -0.3 is 0 Å². The molecule has 4 nitrogen and oxygen atoms in total. The molecule has 0 bridgehead atoms. The molecule has 0 N–H and O–H groups in total. The van der Waals surface area contributed by atoms with Crippen LogP contribution >= 0.6 is 0 Å². The molecule has 0 radical (unpaired) electrons. The lowest BCUT2D eigenvalue weighted by Crippen LogP contribution is -2.08. The predicted molar refractivity (Wildman–Crippen MR) is 77.3 cm³/mol. The fraction of sp³-hybridized carbons (Fsp3) is 0.571. The first kappa shape index (κ1) is 12.9. The zero-order valence-electron chi connectivity index (χ0n) is 10.9. The molecule has 2 rings (SSSR count). The summed E-state index contributed by atoms with van der Waals surface area (Å²) in [5, 5.41) is 0. The summed E-state index contributed by atoms with van der Waals surface area (Å²) in [5.74, 6) is 0.495. The van der Waals surface area contributed by atoms with Gasteiger partial charge in [0.05, 0.1) is 12.3 Å². The van der Waals surface area contributed by atoms with Crippen molar-refractivity contribution in [3.8, 4) is 0 Å². The largest absolute Gasteiger partial charge is 0.243 e. The van der Waals surface area contributed by atoms with Crippen LogP contribution in [0.25, 0.3) is 0 Å². The molecule has 1 atom stereocenters. The third-order valence-electron chi connectivity index (χ3n) is 3.22. The van der Waals surface area contributed by atoms with Crippen molar-refractivity contribution in [1.29, 1.82) is 0 Å². The summed E-state index contributed by atoms with van der Waals surface area (Å²) < 4.78 is 0. The first-order valence-electron chi connectivity index (χ1n) is 6.76. The van der Waals surface area contributed by atoms with Gasteiger partial charge >= 0.3 is 0 Å². The zero-order chi connectivity index (χ0) is 12.6. The van der Waals surface area contributed by atoms with Gasteiger partial charge in [-0.3, -0.25) is 0 Å². The van der Waals surface area contributed by atoms with E-state index in [2.05, 4.69) is 26.9 Å². The van der Waals surface area contributed by atoms with Gasteiger partial charge in [-0.15, -0.1) is 0 Å². The smallest absolute Gasteiger partial charge is 0.0968 e. The molecule has 0 aromatic heterocycles. The molecule has 0 aliphatic carbocycles. The van der Waals surface area contributed by atoms with Gasteiger partial charge in [-0.05, 0) is 19.3 Å². The first-order valence-corrected chi connectivity index (χ1v) is 6.76. The predicted octanol–water partition coefficient (Wildman–Crippen LogP) is 3.25. The normalized spacial score (nSPS) is 18.3. The lowest BCUT2D eigenvalue weighted by molar-refractivity contribution is 0.425. The van der Waals surface area contributed by atoms with E-state index in [1.54, 1.807) is 24.9 Å². The Morgan fingerprint density at radius 2 is 1.50 bits per heavy atom. The molecule has 0 aromatic rings. The Labute approximate surface area is 109 Å². The summed E-state index contributed by atoms with van der Waals surface area (Å²) in [6, 6.07) is 0. The zero-order valence-corrected chi connectivity index (χ0v) is 10.9. The number of aliphatic imine (C=N–C) groups is 4. The van der Waals surface area contributed by atoms with Crippen LogP contribution in [-0.2, 0) is 0 Å². The minimum Gasteiger partial charge on any atom is -0.0968 e. The highest BCUT2D eigenvalue weighted by atomic mass is 15.0. The quantitative estimate of drug-likeness (QED) is 0.588. The fourth-order valence-electron chi connectivity index (χ4n) is 2.22. The highest BCUT2D eigenvalue weighted by Crippen LogP contribution is 2.30. The second-order valence-electron chi connectivity index (χ2n) is 4.62. The van der Waals surface area contributed by atoms with Gasteiger partial charge in [-0.2, -0.15) is 0 Å². The first-order chi connectivity index (χ1) is 8.90. The van der Waals surface area contributed by atoms with Crippen LogP contribution in [-0.4, -0.2) is 24.9 Å². The molecular weight excluding hydrogens is 224 g/mol. The molecule has 2 aliphatic rings. The van der Waals surface area contributed by atoms with Crippen LogP contribution < -0.4 is 0 Å². The topological polar surface area (TPSA) is 49.4 Å². The molecule has 0 saturated carbocycles. The SMILES string of the molecule is CCCCC(CCC[C+]1N=CC=N1)[C+]1N=CC=N1. The number of unbranched alkanes of at least 4 members (excludes halogenated alkanes) is 1. The van der Waals surface area contributed by atoms with Crippen LogP contribution in [0.2, 0.25) is 0 Å². The van der Waals surface area contributed by atoms with E-state index in [0.717, 1.165) is 31.6 Å². The fourth-order valence-corrected chi connectivity index (χ4v) is 2.22. The molecule has 0 amide bonds. The highest BCUT2D eigenvalue weighted by Gasteiger charge is 2.28. The van der Waals surface area contributed by atoms with Gasteiger partial charge in [0, 0.05) is 0 Å². The molecule has 0 aromatic carbocycles. The maximum Gasteiger partial charge on any atom is 0.243 e. The Morgan fingerprint density at radius 3 is 2.17 bits per heavy atom. The summed E-state index contributed by atoms with van der Waals surface area (Å²) in [7, 11) is 0. The number of hydrogen-bond donors (Lipinski definition) is 0. The van der Waals surface area contributed by atoms with Crippen LogP contribution in [0.1, 0.15) is 45.4 Å². The second kappa shape index (κ2) is 6.99. The van der Waals surface area contributed by atoms with Gasteiger partial charge in [0.25, 0.3) is 0 Å². The molecule has 2 aliphatic heterocycles. The maximum absolute atomic E-state index is 4.34. The molecule has 0 saturated heterocycles. The Morgan fingerprint density at radius 1 is 0.889 bits per heavy atom. The monoisotopic (exact) mass is 244 g/mol. The Balaban J connectivity index is 1.73. The van der Waals surface area contributed by atoms with Crippen LogP contribution in [0.5, 0.6) is 0 Å². The van der Waals surface area contributed by atoms with Gasteiger partial charge in [-0.25, -0.2) is 0 Å². The second-order valence-corrected chi connectivity index (χ2v) is 4.62. The van der Waals surface area contributed by atoms with Crippen molar-refractivity contribution >= 4 is 24.9 Å². The minimum atomic E-state index is 0.495. The molecule has 2 heterocycles. The van der Waals surface area contributed by atoms with E-state index in [0.29, 0.717) is 5.92 Å². The van der Waals surface area contributed by atoms with E-state index in [9.17, 15) is 0 Å². The Bertz CT molecular complexity index is 333. The van der Waals surface area contributed by atoms with E-state index in [1.165, 1.54) is 19.3 Å². The van der Waals surface area contributed by atoms with Crippen LogP contribution in [0.15, 0.2) is 20.0 Å². The standard InChI is InChI=1S/C14H20N4/c1-2-3-5-12(14-17-10-11-18-14)6-4-7-13-15-8-9-16-13/h8-12H,2-7H2,1H3/q+2. The molecule has 4 heteroatoms. The lowest BCUT2D eigenvalue weighted by Gasteiger charge is -2.13. The summed E-state index contributed by atoms with van der Waals surface area (Å²) in [6.07, 6.45) is 15.9. The highest BCUT2D eigenvalue weighted by molar-refractivity contribution is 6.18. The summed E-state index contributed by atoms with van der Waals surface area (Å²) in [5.41, 5.74) is 0. The van der Waals surface area contributed by atoms with Crippen molar-refractivity contribution in [2.75, 3.05) is 0 Å². The van der Waals surface area contributed by atoms with Crippen molar-refractivity contribution in [2.24, 2.45) is 25.9 Å². The molecule has 1 unspecified atom stereocenters. The van der Waals surface area contributed by atoms with Gasteiger partial charge in [-0.1, -0.05) is 39.7 Å². The molecule has 0 fully saturated rings. The summed E-state index contributed by atoms with van der Waals surface area (Å²) in [4.78, 5) is 17.1. The van der Waals surface area contributed by atoms with E-state index >= 15 is 0 Å². The Hall–Kier alpha value is -1.58. The number of nitrogens with zero attached hydrogens (tertiary/aromatic N) is 4. The average Bonchev–Trinajstić information content (AvgIpc) is 3.05. The van der Waals surface area contributed by atoms with E-state index < -0.39 is 0 Å². The van der Waals surface area contributed by atoms with Crippen molar-refractivity contribution in [2.45, 2.75) is 45.4 Å². The van der Waals surface area contributed by atoms with Crippen molar-refractivity contribution in [3.63, 3.8) is 0 Å². The van der Waals surface area contributed by atoms with E-state index in [1.807, 2.05) is 0 Å². The number of hydrogen-bond acceptors (Lipinski definition) is 4. The third-order valence-corrected chi connectivity index (χ3v) is 3.22. The van der Waals surface area contributed by atoms with Crippen LogP contribution in [0, 0.1) is 18.2 Å². The van der Waals surface area contributed by atoms with Crippen molar-refractivity contribution < 1.29 is 0 Å². The van der Waals surface area contributed by atoms with Gasteiger partial charge in [0.1, 0.15) is 0 Å². The van der Waals surface area contributed by atoms with Crippen molar-refractivity contribution in [3.05, 3.63) is 12.3 Å². The van der Waals surface area contributed by atoms with Crippen LogP contribution in [0.4, 0.5) is 0 Å². The van der Waals surface area contributed by atoms with Gasteiger partial charge in [0.2, 0.25) is 12.3 Å². The average molecular weight is 244 g/mol. The minimum absolute atomic E-state index is 0.495. The van der Waals surface area contributed by atoms with Gasteiger partial charge in [0.15, 0.2) is 24.9 Å². The molecule has 18 heavy (non-hydrogen) atoms. The molecule has 0 spiro atoms. The lowest BCUT2D eigenvalue weighted by atomic mass is 9.93. The number of rotatable bonds is 8. The summed E-state index contributed by atoms with van der Waals surface area (Å²) >= 11 is 0. The molecular formula is C14H20N4+2. The van der Waals surface area contributed by atoms with Crippen molar-refractivity contribution in [1.82, 2.24) is 0 Å². The van der Waals surface area contributed by atoms with E-state index in [4.69, 9.17) is 0 Å². The van der Waals surface area contributed by atoms with Crippen LogP contribution in [0.3, 0.4) is 0 Å². The molecule has 94 valence electrons. The maximum atomic E-state index is 4.34.